The van der Waals surface area contributed by atoms with E-state index in [2.05, 4.69) is 9.98 Å². The van der Waals surface area contributed by atoms with E-state index in [0.29, 0.717) is 15.8 Å². The Bertz CT molecular complexity index is 972. The highest BCUT2D eigenvalue weighted by Crippen LogP contribution is 2.24. The summed E-state index contributed by atoms with van der Waals surface area (Å²) in [4.78, 5) is 20.3. The lowest BCUT2D eigenvalue weighted by Crippen LogP contribution is -2.22. The summed E-state index contributed by atoms with van der Waals surface area (Å²) >= 11 is 7.14. The molecule has 6 nitrogen and oxygen atoms in total. The second-order valence-corrected chi connectivity index (χ2v) is 6.86. The van der Waals surface area contributed by atoms with Crippen molar-refractivity contribution < 1.29 is 14.6 Å². The van der Waals surface area contributed by atoms with Crippen LogP contribution in [0.25, 0.3) is 0 Å². The molecule has 8 heteroatoms. The predicted molar refractivity (Wildman–Crippen MR) is 99.1 cm³/mol. The molecule has 0 unspecified atom stereocenters. The molecule has 0 aliphatic carbocycles. The molecule has 1 aromatic heterocycles. The van der Waals surface area contributed by atoms with Crippen molar-refractivity contribution in [3.63, 3.8) is 0 Å². The van der Waals surface area contributed by atoms with E-state index < -0.39 is 5.97 Å². The molecule has 0 fully saturated rings. The smallest absolute Gasteiger partial charge is 0.183 e. The molecule has 2 N–H and O–H groups in total. The van der Waals surface area contributed by atoms with E-state index in [0.717, 1.165) is 4.88 Å². The van der Waals surface area contributed by atoms with Gasteiger partial charge >= 0.3 is 0 Å². The third-order valence-corrected chi connectivity index (χ3v) is 4.51. The minimum atomic E-state index is -1.32. The number of aliphatic imine (C=N–C) groups is 1. The Labute approximate surface area is 158 Å². The first-order chi connectivity index (χ1) is 12.5. The highest BCUT2D eigenvalue weighted by atomic mass is 35.5. The summed E-state index contributed by atoms with van der Waals surface area (Å²) in [6, 6.07) is 13.3. The van der Waals surface area contributed by atoms with Crippen molar-refractivity contribution in [1.82, 2.24) is 4.98 Å². The molecule has 0 bridgehead atoms. The number of rotatable bonds is 6. The monoisotopic (exact) mass is 386 g/mol. The van der Waals surface area contributed by atoms with Crippen LogP contribution in [0.1, 0.15) is 20.8 Å². The number of thiazole rings is 1. The fourth-order valence-corrected chi connectivity index (χ4v) is 3.13. The van der Waals surface area contributed by atoms with Gasteiger partial charge in [-0.1, -0.05) is 41.9 Å². The summed E-state index contributed by atoms with van der Waals surface area (Å²) in [6.45, 7) is 0.282. The normalized spacial score (nSPS) is 11.3. The Kier molecular flexibility index (Phi) is 5.50. The number of aromatic carboxylic acids is 1. The Morgan fingerprint density at radius 1 is 1.19 bits per heavy atom. The van der Waals surface area contributed by atoms with Crippen LogP contribution < -0.4 is 15.6 Å². The number of nitrogens with zero attached hydrogens (tertiary/aromatic N) is 2. The van der Waals surface area contributed by atoms with Crippen LogP contribution in [0.5, 0.6) is 5.75 Å². The maximum Gasteiger partial charge on any atom is 0.183 e. The Morgan fingerprint density at radius 3 is 2.58 bits per heavy atom. The van der Waals surface area contributed by atoms with E-state index in [-0.39, 0.29) is 23.7 Å². The van der Waals surface area contributed by atoms with Gasteiger partial charge in [0.05, 0.1) is 22.1 Å². The third-order valence-electron chi connectivity index (χ3n) is 3.42. The van der Waals surface area contributed by atoms with Crippen molar-refractivity contribution in [3.8, 4) is 5.75 Å². The van der Waals surface area contributed by atoms with Gasteiger partial charge in [0.25, 0.3) is 0 Å². The quantitative estimate of drug-likeness (QED) is 0.518. The molecule has 0 radical (unpaired) electrons. The summed E-state index contributed by atoms with van der Waals surface area (Å²) < 4.78 is 6.24. The minimum Gasteiger partial charge on any atom is -0.545 e. The van der Waals surface area contributed by atoms with Gasteiger partial charge in [-0.15, -0.1) is 11.3 Å². The van der Waals surface area contributed by atoms with Gasteiger partial charge in [-0.3, -0.25) is 0 Å². The van der Waals surface area contributed by atoms with E-state index in [1.807, 2.05) is 0 Å². The number of carbonyl (C=O) groups is 1. The van der Waals surface area contributed by atoms with Crippen molar-refractivity contribution in [1.29, 1.82) is 0 Å². The first-order valence-corrected chi connectivity index (χ1v) is 8.71. The first-order valence-electron chi connectivity index (χ1n) is 7.51. The van der Waals surface area contributed by atoms with Gasteiger partial charge < -0.3 is 20.4 Å². The summed E-state index contributed by atoms with van der Waals surface area (Å²) in [7, 11) is 0. The maximum atomic E-state index is 11.2. The molecule has 0 aliphatic rings. The largest absolute Gasteiger partial charge is 0.545 e. The molecular weight excluding hydrogens is 374 g/mol. The fraction of sp³-hybridized carbons (Fsp3) is 0.0556. The predicted octanol–water partition coefficient (Wildman–Crippen LogP) is 2.78. The maximum absolute atomic E-state index is 11.2. The van der Waals surface area contributed by atoms with Gasteiger partial charge in [0.15, 0.2) is 4.47 Å². The molecule has 3 aromatic rings. The number of carbonyl (C=O) groups excluding carboxylic acids is 1. The number of benzene rings is 2. The van der Waals surface area contributed by atoms with Gasteiger partial charge in [-0.05, 0) is 18.2 Å². The van der Waals surface area contributed by atoms with Crippen LogP contribution in [0, 0.1) is 0 Å². The van der Waals surface area contributed by atoms with Gasteiger partial charge in [-0.2, -0.15) is 0 Å². The molecule has 0 aliphatic heterocycles. The molecular formula is C18H13ClN3O3S-. The zero-order chi connectivity index (χ0) is 18.5. The van der Waals surface area contributed by atoms with Crippen LogP contribution in [0.2, 0.25) is 4.47 Å². The average molecular weight is 387 g/mol. The zero-order valence-electron chi connectivity index (χ0n) is 13.4. The standard InChI is InChI=1S/C18H14ClN3O3S/c19-18-21-9-11(26-18)10-25-15-8-4-2-6-13(15)16(20)22-14-7-3-1-5-12(14)17(23)24/h1-9H,10H2,(H2,20,22)(H,23,24)/p-1. The summed E-state index contributed by atoms with van der Waals surface area (Å²) in [5.74, 6) is -0.662. The fourth-order valence-electron chi connectivity index (χ4n) is 2.24. The lowest BCUT2D eigenvalue weighted by molar-refractivity contribution is -0.254. The number of halogens is 1. The van der Waals surface area contributed by atoms with Crippen molar-refractivity contribution in [3.05, 3.63) is 75.2 Å². The van der Waals surface area contributed by atoms with E-state index >= 15 is 0 Å². The van der Waals surface area contributed by atoms with Crippen LogP contribution in [0.3, 0.4) is 0 Å². The van der Waals surface area contributed by atoms with E-state index in [1.165, 1.54) is 17.4 Å². The van der Waals surface area contributed by atoms with Crippen molar-refractivity contribution >= 4 is 40.4 Å². The highest BCUT2D eigenvalue weighted by molar-refractivity contribution is 7.15. The topological polar surface area (TPSA) is 101 Å². The number of nitrogens with two attached hydrogens (primary N) is 1. The Morgan fingerprint density at radius 2 is 1.88 bits per heavy atom. The van der Waals surface area contributed by atoms with Gasteiger partial charge in [-0.25, -0.2) is 9.98 Å². The molecule has 26 heavy (non-hydrogen) atoms. The van der Waals surface area contributed by atoms with E-state index in [9.17, 15) is 9.90 Å². The molecule has 2 aromatic carbocycles. The number of hydrogen-bond acceptors (Lipinski definition) is 6. The molecule has 132 valence electrons. The number of carboxylic acid groups (broad SMARTS) is 1. The number of amidine groups is 1. The third kappa shape index (κ3) is 4.19. The van der Waals surface area contributed by atoms with Crippen LogP contribution >= 0.6 is 22.9 Å². The SMILES string of the molecule is NC(=Nc1ccccc1C(=O)[O-])c1ccccc1OCc1cnc(Cl)s1. The van der Waals surface area contributed by atoms with Crippen molar-refractivity contribution in [2.24, 2.45) is 10.7 Å². The van der Waals surface area contributed by atoms with Crippen molar-refractivity contribution in [2.75, 3.05) is 0 Å². The summed E-state index contributed by atoms with van der Waals surface area (Å²) in [5, 5.41) is 11.2. The Balaban J connectivity index is 1.88. The molecule has 1 heterocycles. The molecule has 0 atom stereocenters. The van der Waals surface area contributed by atoms with Gasteiger partial charge in [0.1, 0.15) is 18.2 Å². The number of hydrogen-bond donors (Lipinski definition) is 1. The van der Waals surface area contributed by atoms with Gasteiger partial charge in [0.2, 0.25) is 0 Å². The molecule has 3 rings (SSSR count). The molecule has 0 saturated heterocycles. The second-order valence-electron chi connectivity index (χ2n) is 5.17. The average Bonchev–Trinajstić information content (AvgIpc) is 3.06. The van der Waals surface area contributed by atoms with Crippen LogP contribution in [-0.2, 0) is 6.61 Å². The van der Waals surface area contributed by atoms with E-state index in [4.69, 9.17) is 22.1 Å². The number of ether oxygens (including phenoxy) is 1. The second kappa shape index (κ2) is 7.99. The highest BCUT2D eigenvalue weighted by Gasteiger charge is 2.10. The molecule has 0 amide bonds. The lowest BCUT2D eigenvalue weighted by atomic mass is 10.1. The van der Waals surface area contributed by atoms with Gasteiger partial charge in [0, 0.05) is 11.8 Å². The summed E-state index contributed by atoms with van der Waals surface area (Å²) in [5.41, 5.74) is 6.83. The van der Waals surface area contributed by atoms with E-state index in [1.54, 1.807) is 48.7 Å². The number of aromatic nitrogens is 1. The Hall–Kier alpha value is -2.90. The molecule has 0 saturated carbocycles. The molecule has 0 spiro atoms. The minimum absolute atomic E-state index is 0.0341. The number of para-hydroxylation sites is 2. The zero-order valence-corrected chi connectivity index (χ0v) is 15.0. The van der Waals surface area contributed by atoms with Crippen LogP contribution in [0.4, 0.5) is 5.69 Å². The van der Waals surface area contributed by atoms with Crippen LogP contribution in [-0.4, -0.2) is 16.8 Å². The summed E-state index contributed by atoms with van der Waals surface area (Å²) in [6.07, 6.45) is 1.64. The van der Waals surface area contributed by atoms with Crippen LogP contribution in [0.15, 0.2) is 59.7 Å². The first kappa shape index (κ1) is 17.9. The number of carboxylic acids is 1. The lowest BCUT2D eigenvalue weighted by Gasteiger charge is -2.11. The van der Waals surface area contributed by atoms with Crippen molar-refractivity contribution in [2.45, 2.75) is 6.61 Å².